The summed E-state index contributed by atoms with van der Waals surface area (Å²) in [6.45, 7) is 5.32. The number of hydrogen-bond acceptors (Lipinski definition) is 5. The fourth-order valence-corrected chi connectivity index (χ4v) is 3.04. The van der Waals surface area contributed by atoms with Crippen LogP contribution in [0.1, 0.15) is 13.8 Å². The monoisotopic (exact) mass is 351 g/mol. The normalized spacial score (nSPS) is 9.92. The van der Waals surface area contributed by atoms with Gasteiger partial charge in [-0.3, -0.25) is 4.79 Å². The molecule has 134 valence electrons. The fraction of sp³-hybridized carbons (Fsp3) is 0.238. The summed E-state index contributed by atoms with van der Waals surface area (Å²) in [6, 6.07) is 18.8. The fourth-order valence-electron chi connectivity index (χ4n) is 3.04. The van der Waals surface area contributed by atoms with E-state index in [4.69, 9.17) is 14.3 Å². The van der Waals surface area contributed by atoms with Crippen molar-refractivity contribution in [3.05, 3.63) is 54.6 Å². The average molecular weight is 351 g/mol. The van der Waals surface area contributed by atoms with Crippen LogP contribution in [0.3, 0.4) is 0 Å². The summed E-state index contributed by atoms with van der Waals surface area (Å²) in [5.41, 5.74) is 1.11. The summed E-state index contributed by atoms with van der Waals surface area (Å²) in [4.78, 5) is 30.3. The molecule has 0 spiro atoms. The molecule has 3 rings (SSSR count). The maximum Gasteiger partial charge on any atom is 0.373 e. The first-order valence-electron chi connectivity index (χ1n) is 8.46. The van der Waals surface area contributed by atoms with Crippen LogP contribution in [0.5, 0.6) is 0 Å². The van der Waals surface area contributed by atoms with E-state index in [1.807, 2.05) is 31.2 Å². The van der Waals surface area contributed by atoms with Crippen LogP contribution in [0.2, 0.25) is 0 Å². The Labute approximate surface area is 152 Å². The summed E-state index contributed by atoms with van der Waals surface area (Å²) in [7, 11) is 0. The van der Waals surface area contributed by atoms with Gasteiger partial charge in [0.25, 0.3) is 0 Å². The molecule has 5 heteroatoms. The molecule has 0 atom stereocenters. The quantitative estimate of drug-likeness (QED) is 0.517. The van der Waals surface area contributed by atoms with Crippen molar-refractivity contribution in [3.8, 4) is 0 Å². The zero-order valence-electron chi connectivity index (χ0n) is 14.9. The second-order valence-corrected chi connectivity index (χ2v) is 5.57. The smallest absolute Gasteiger partial charge is 0.373 e. The highest BCUT2D eigenvalue weighted by atomic mass is 16.5. The molecule has 0 aliphatic heterocycles. The van der Waals surface area contributed by atoms with E-state index in [1.54, 1.807) is 0 Å². The van der Waals surface area contributed by atoms with Gasteiger partial charge in [-0.05, 0) is 30.7 Å². The van der Waals surface area contributed by atoms with Crippen LogP contribution in [0.25, 0.3) is 21.5 Å². The number of fused-ring (bicyclic) bond motifs is 2. The topological polar surface area (TPSA) is 63.7 Å². The van der Waals surface area contributed by atoms with Crippen molar-refractivity contribution >= 4 is 39.4 Å². The minimum Gasteiger partial charge on any atom is -0.465 e. The van der Waals surface area contributed by atoms with Crippen molar-refractivity contribution < 1.29 is 19.1 Å². The largest absolute Gasteiger partial charge is 0.465 e. The molecule has 0 N–H and O–H groups in total. The Balaban J connectivity index is 0.000000758. The number of nitrogens with zero attached hydrogens (tertiary/aromatic N) is 1. The van der Waals surface area contributed by atoms with E-state index < -0.39 is 0 Å². The van der Waals surface area contributed by atoms with Crippen LogP contribution in [-0.2, 0) is 19.1 Å². The van der Waals surface area contributed by atoms with Gasteiger partial charge in [-0.25, -0.2) is 0 Å². The molecule has 0 saturated carbocycles. The Morgan fingerprint density at radius 2 is 1.46 bits per heavy atom. The van der Waals surface area contributed by atoms with E-state index in [9.17, 15) is 4.79 Å². The summed E-state index contributed by atoms with van der Waals surface area (Å²) in [5.74, 6) is -0.189. The van der Waals surface area contributed by atoms with Gasteiger partial charge < -0.3 is 9.64 Å². The standard InChI is InChI=1S/C20H21NO2.CO2/c1-3-21(14-19(22)23-4-2)20-17-11-7-5-9-15(17)13-16-10-6-8-12-18(16)20;2-1-3/h5-13H,3-4,14H2,1-2H3;. The number of likely N-dealkylation sites (N-methyl/N-ethyl adjacent to an activating group) is 1. The lowest BCUT2D eigenvalue weighted by molar-refractivity contribution is -0.191. The minimum atomic E-state index is -0.189. The van der Waals surface area contributed by atoms with E-state index >= 15 is 0 Å². The molecule has 0 amide bonds. The molecule has 3 aromatic rings. The molecule has 3 aromatic carbocycles. The van der Waals surface area contributed by atoms with Crippen molar-refractivity contribution in [3.63, 3.8) is 0 Å². The van der Waals surface area contributed by atoms with Gasteiger partial charge in [-0.2, -0.15) is 9.59 Å². The molecule has 0 radical (unpaired) electrons. The number of hydrogen-bond donors (Lipinski definition) is 0. The molecular formula is C21H21NO4. The van der Waals surface area contributed by atoms with E-state index in [0.29, 0.717) is 6.61 Å². The third-order valence-electron chi connectivity index (χ3n) is 4.07. The van der Waals surface area contributed by atoms with Gasteiger partial charge >= 0.3 is 12.1 Å². The summed E-state index contributed by atoms with van der Waals surface area (Å²) < 4.78 is 5.14. The van der Waals surface area contributed by atoms with Gasteiger partial charge in [0.05, 0.1) is 12.3 Å². The lowest BCUT2D eigenvalue weighted by Crippen LogP contribution is -2.31. The summed E-state index contributed by atoms with van der Waals surface area (Å²) in [5, 5.41) is 4.70. The molecular weight excluding hydrogens is 330 g/mol. The Bertz CT molecular complexity index is 876. The number of rotatable bonds is 5. The molecule has 0 unspecified atom stereocenters. The van der Waals surface area contributed by atoms with Crippen LogP contribution in [0.15, 0.2) is 54.6 Å². The molecule has 0 aliphatic carbocycles. The van der Waals surface area contributed by atoms with E-state index in [0.717, 1.165) is 23.0 Å². The molecule has 0 heterocycles. The predicted octanol–water partition coefficient (Wildman–Crippen LogP) is 3.80. The highest BCUT2D eigenvalue weighted by molar-refractivity contribution is 6.11. The van der Waals surface area contributed by atoms with E-state index in [-0.39, 0.29) is 18.7 Å². The van der Waals surface area contributed by atoms with Gasteiger partial charge in [-0.15, -0.1) is 0 Å². The van der Waals surface area contributed by atoms with Crippen LogP contribution in [0, 0.1) is 0 Å². The highest BCUT2D eigenvalue weighted by Crippen LogP contribution is 2.35. The molecule has 0 bridgehead atoms. The first-order chi connectivity index (χ1) is 12.7. The molecule has 0 aromatic heterocycles. The molecule has 0 saturated heterocycles. The second kappa shape index (κ2) is 9.35. The van der Waals surface area contributed by atoms with Gasteiger partial charge in [0, 0.05) is 17.3 Å². The zero-order valence-corrected chi connectivity index (χ0v) is 14.9. The highest BCUT2D eigenvalue weighted by Gasteiger charge is 2.16. The number of carbonyl (C=O) groups excluding carboxylic acids is 3. The van der Waals surface area contributed by atoms with Crippen LogP contribution < -0.4 is 4.90 Å². The lowest BCUT2D eigenvalue weighted by atomic mass is 10.00. The van der Waals surface area contributed by atoms with Gasteiger partial charge in [-0.1, -0.05) is 48.5 Å². The molecule has 5 nitrogen and oxygen atoms in total. The third-order valence-corrected chi connectivity index (χ3v) is 4.07. The van der Waals surface area contributed by atoms with Crippen LogP contribution >= 0.6 is 0 Å². The Kier molecular flexibility index (Phi) is 6.89. The SMILES string of the molecule is CCOC(=O)CN(CC)c1c2ccccc2cc2ccccc12.O=C=O. The predicted molar refractivity (Wildman–Crippen MR) is 101 cm³/mol. The Hall–Kier alpha value is -3.17. The van der Waals surface area contributed by atoms with Crippen molar-refractivity contribution in [2.24, 2.45) is 0 Å². The number of anilines is 1. The van der Waals surface area contributed by atoms with Crippen molar-refractivity contribution in [1.82, 2.24) is 0 Å². The minimum absolute atomic E-state index is 0.189. The average Bonchev–Trinajstić information content (AvgIpc) is 2.65. The summed E-state index contributed by atoms with van der Waals surface area (Å²) in [6.07, 6.45) is 0.250. The zero-order chi connectivity index (χ0) is 18.9. The van der Waals surface area contributed by atoms with Gasteiger partial charge in [0.1, 0.15) is 6.54 Å². The third kappa shape index (κ3) is 4.26. The first kappa shape index (κ1) is 19.2. The summed E-state index contributed by atoms with van der Waals surface area (Å²) >= 11 is 0. The maximum absolute atomic E-state index is 12.0. The first-order valence-corrected chi connectivity index (χ1v) is 8.46. The van der Waals surface area contributed by atoms with Gasteiger partial charge in [0.15, 0.2) is 0 Å². The molecule has 26 heavy (non-hydrogen) atoms. The van der Waals surface area contributed by atoms with E-state index in [1.165, 1.54) is 10.8 Å². The maximum atomic E-state index is 12.0. The van der Waals surface area contributed by atoms with Crippen LogP contribution in [0.4, 0.5) is 5.69 Å². The van der Waals surface area contributed by atoms with E-state index in [2.05, 4.69) is 42.2 Å². The van der Waals surface area contributed by atoms with Gasteiger partial charge in [0.2, 0.25) is 0 Å². The lowest BCUT2D eigenvalue weighted by Gasteiger charge is -2.25. The number of esters is 1. The molecule has 0 fully saturated rings. The number of ether oxygens (including phenoxy) is 1. The Morgan fingerprint density at radius 1 is 0.962 bits per heavy atom. The Morgan fingerprint density at radius 3 is 1.92 bits per heavy atom. The number of carbonyl (C=O) groups is 1. The van der Waals surface area contributed by atoms with Crippen molar-refractivity contribution in [1.29, 1.82) is 0 Å². The van der Waals surface area contributed by atoms with Crippen LogP contribution in [-0.4, -0.2) is 31.8 Å². The van der Waals surface area contributed by atoms with Crippen molar-refractivity contribution in [2.75, 3.05) is 24.6 Å². The number of benzene rings is 3. The van der Waals surface area contributed by atoms with Crippen molar-refractivity contribution in [2.45, 2.75) is 13.8 Å². The second-order valence-electron chi connectivity index (χ2n) is 5.57. The molecule has 0 aliphatic rings.